The number of nitrogens with zero attached hydrogens (tertiary/aromatic N) is 2. The minimum atomic E-state index is -0.774. The van der Waals surface area contributed by atoms with E-state index in [9.17, 15) is 15.0 Å². The molecule has 17 heavy (non-hydrogen) atoms. The van der Waals surface area contributed by atoms with Gasteiger partial charge in [0.1, 0.15) is 12.3 Å². The predicted octanol–water partition coefficient (Wildman–Crippen LogP) is -1.15. The molecule has 7 heteroatoms. The molecule has 2 rings (SSSR count). The van der Waals surface area contributed by atoms with Gasteiger partial charge in [-0.25, -0.2) is 0 Å². The lowest BCUT2D eigenvalue weighted by Gasteiger charge is -2.19. The summed E-state index contributed by atoms with van der Waals surface area (Å²) in [4.78, 5) is 14.5. The highest BCUT2D eigenvalue weighted by molar-refractivity contribution is 5.17. The first-order valence-corrected chi connectivity index (χ1v) is 5.35. The largest absolute Gasteiger partial charge is 0.391 e. The van der Waals surface area contributed by atoms with Crippen molar-refractivity contribution < 1.29 is 14.9 Å². The van der Waals surface area contributed by atoms with E-state index in [1.165, 1.54) is 16.8 Å². The molecule has 1 saturated heterocycles. The molecule has 0 bridgehead atoms. The number of hydrogen-bond donors (Lipinski definition) is 3. The Labute approximate surface area is 97.5 Å². The molecule has 1 aliphatic heterocycles. The number of aliphatic hydroxyl groups is 2. The molecule has 2 heterocycles. The summed E-state index contributed by atoms with van der Waals surface area (Å²) in [5, 5.41) is 19.1. The summed E-state index contributed by atoms with van der Waals surface area (Å²) in [5.41, 5.74) is 5.17. The van der Waals surface area contributed by atoms with Gasteiger partial charge in [-0.1, -0.05) is 0 Å². The molecule has 1 fully saturated rings. The van der Waals surface area contributed by atoms with Crippen LogP contribution >= 0.6 is 0 Å². The fraction of sp³-hybridized carbons (Fsp3) is 0.600. The van der Waals surface area contributed by atoms with Crippen molar-refractivity contribution in [3.63, 3.8) is 0 Å². The summed E-state index contributed by atoms with van der Waals surface area (Å²) >= 11 is 0. The van der Waals surface area contributed by atoms with Crippen molar-refractivity contribution in [2.45, 2.75) is 37.9 Å². The van der Waals surface area contributed by atoms with Crippen molar-refractivity contribution in [1.29, 1.82) is 0 Å². The third-order valence-electron chi connectivity index (χ3n) is 2.79. The molecular formula is C10H15N3O4. The van der Waals surface area contributed by atoms with Crippen molar-refractivity contribution in [2.75, 3.05) is 5.73 Å². The second-order valence-corrected chi connectivity index (χ2v) is 4.13. The minimum Gasteiger partial charge on any atom is -0.391 e. The van der Waals surface area contributed by atoms with Crippen LogP contribution in [-0.4, -0.2) is 38.1 Å². The molecule has 7 nitrogen and oxygen atoms in total. The van der Waals surface area contributed by atoms with Gasteiger partial charge in [0, 0.05) is 18.7 Å². The Morgan fingerprint density at radius 1 is 1.71 bits per heavy atom. The van der Waals surface area contributed by atoms with E-state index in [0.29, 0.717) is 6.42 Å². The number of nitrogens with two attached hydrogens (primary N) is 1. The number of aliphatic hydroxyl groups excluding tert-OH is 2. The van der Waals surface area contributed by atoms with Crippen molar-refractivity contribution in [1.82, 2.24) is 9.55 Å². The second-order valence-electron chi connectivity index (χ2n) is 4.13. The Bertz CT molecular complexity index is 459. The molecule has 0 spiro atoms. The van der Waals surface area contributed by atoms with E-state index in [4.69, 9.17) is 10.5 Å². The number of rotatable bonds is 2. The van der Waals surface area contributed by atoms with E-state index in [2.05, 4.69) is 4.98 Å². The van der Waals surface area contributed by atoms with Gasteiger partial charge in [0.25, 0.3) is 5.56 Å². The first-order chi connectivity index (χ1) is 7.99. The number of anilines is 1. The highest BCUT2D eigenvalue weighted by Gasteiger charge is 2.37. The molecule has 1 aromatic rings. The Balaban J connectivity index is 2.22. The summed E-state index contributed by atoms with van der Waals surface area (Å²) in [6, 6.07) is 1.27. The first-order valence-electron chi connectivity index (χ1n) is 5.35. The van der Waals surface area contributed by atoms with Gasteiger partial charge in [0.05, 0.1) is 12.2 Å². The van der Waals surface area contributed by atoms with E-state index in [1.807, 2.05) is 0 Å². The molecule has 1 aromatic heterocycles. The molecule has 0 amide bonds. The molecule has 0 saturated carbocycles. The number of nitrogen functional groups attached to an aromatic ring is 1. The molecule has 1 aliphatic rings. The molecule has 0 radical (unpaired) electrons. The molecule has 1 unspecified atom stereocenters. The summed E-state index contributed by atoms with van der Waals surface area (Å²) in [7, 11) is 0. The average molecular weight is 241 g/mol. The normalized spacial score (nSPS) is 30.4. The van der Waals surface area contributed by atoms with E-state index in [1.54, 1.807) is 6.92 Å². The lowest BCUT2D eigenvalue weighted by molar-refractivity contribution is -0.0756. The topological polar surface area (TPSA) is 111 Å². The Kier molecular flexibility index (Phi) is 3.14. The van der Waals surface area contributed by atoms with Crippen molar-refractivity contribution in [3.8, 4) is 0 Å². The van der Waals surface area contributed by atoms with Crippen LogP contribution in [0, 0.1) is 0 Å². The molecule has 0 aliphatic carbocycles. The summed E-state index contributed by atoms with van der Waals surface area (Å²) in [6.45, 7) is 1.54. The maximum Gasteiger partial charge on any atom is 0.274 e. The summed E-state index contributed by atoms with van der Waals surface area (Å²) in [5.74, 6) is 0.0287. The van der Waals surface area contributed by atoms with Gasteiger partial charge in [0.15, 0.2) is 0 Å². The Morgan fingerprint density at radius 2 is 2.41 bits per heavy atom. The van der Waals surface area contributed by atoms with Crippen LogP contribution < -0.4 is 11.3 Å². The average Bonchev–Trinajstić information content (AvgIpc) is 2.60. The fourth-order valence-electron chi connectivity index (χ4n) is 1.95. The van der Waals surface area contributed by atoms with Gasteiger partial charge in [-0.05, 0) is 6.92 Å². The lowest BCUT2D eigenvalue weighted by Crippen LogP contribution is -2.32. The van der Waals surface area contributed by atoms with Gasteiger partial charge in [-0.2, -0.15) is 4.98 Å². The maximum atomic E-state index is 11.0. The minimum absolute atomic E-state index is 0.0287. The summed E-state index contributed by atoms with van der Waals surface area (Å²) in [6.07, 6.45) is -0.949. The Morgan fingerprint density at radius 3 is 2.94 bits per heavy atom. The number of hydrogen-bond acceptors (Lipinski definition) is 6. The SMILES string of the molecule is CC(O)[C@H]1O[C@@H](n2ccc(=O)nc2N)C[C@@H]1O. The van der Waals surface area contributed by atoms with Crippen LogP contribution in [0.1, 0.15) is 19.6 Å². The quantitative estimate of drug-likeness (QED) is 0.603. The maximum absolute atomic E-state index is 11.0. The molecule has 4 atom stereocenters. The van der Waals surface area contributed by atoms with Crippen LogP contribution in [0.4, 0.5) is 5.95 Å². The molecule has 0 aromatic carbocycles. The van der Waals surface area contributed by atoms with Crippen LogP contribution in [0.3, 0.4) is 0 Å². The Hall–Kier alpha value is -1.44. The second kappa shape index (κ2) is 4.44. The highest BCUT2D eigenvalue weighted by Crippen LogP contribution is 2.31. The number of ether oxygens (including phenoxy) is 1. The van der Waals surface area contributed by atoms with E-state index >= 15 is 0 Å². The molecule has 4 N–H and O–H groups in total. The zero-order valence-electron chi connectivity index (χ0n) is 9.35. The van der Waals surface area contributed by atoms with Crippen molar-refractivity contribution in [2.24, 2.45) is 0 Å². The zero-order chi connectivity index (χ0) is 12.6. The van der Waals surface area contributed by atoms with Crippen LogP contribution in [-0.2, 0) is 4.74 Å². The molecular weight excluding hydrogens is 226 g/mol. The smallest absolute Gasteiger partial charge is 0.274 e. The third kappa shape index (κ3) is 2.31. The fourth-order valence-corrected chi connectivity index (χ4v) is 1.95. The van der Waals surface area contributed by atoms with E-state index in [-0.39, 0.29) is 5.95 Å². The van der Waals surface area contributed by atoms with Gasteiger partial charge in [-0.3, -0.25) is 9.36 Å². The lowest BCUT2D eigenvalue weighted by atomic mass is 10.1. The highest BCUT2D eigenvalue weighted by atomic mass is 16.5. The van der Waals surface area contributed by atoms with Crippen molar-refractivity contribution in [3.05, 3.63) is 22.6 Å². The van der Waals surface area contributed by atoms with Gasteiger partial charge < -0.3 is 20.7 Å². The first kappa shape index (κ1) is 12.0. The third-order valence-corrected chi connectivity index (χ3v) is 2.79. The predicted molar refractivity (Wildman–Crippen MR) is 59.1 cm³/mol. The zero-order valence-corrected chi connectivity index (χ0v) is 9.35. The van der Waals surface area contributed by atoms with E-state index < -0.39 is 30.1 Å². The van der Waals surface area contributed by atoms with E-state index in [0.717, 1.165) is 0 Å². The van der Waals surface area contributed by atoms with Gasteiger partial charge in [0.2, 0.25) is 5.95 Å². The monoisotopic (exact) mass is 241 g/mol. The van der Waals surface area contributed by atoms with Crippen molar-refractivity contribution >= 4 is 5.95 Å². The van der Waals surface area contributed by atoms with Gasteiger partial charge >= 0.3 is 0 Å². The molecule has 94 valence electrons. The van der Waals surface area contributed by atoms with Crippen LogP contribution in [0.2, 0.25) is 0 Å². The van der Waals surface area contributed by atoms with Crippen LogP contribution in [0.25, 0.3) is 0 Å². The van der Waals surface area contributed by atoms with Gasteiger partial charge in [-0.15, -0.1) is 0 Å². The summed E-state index contributed by atoms with van der Waals surface area (Å²) < 4.78 is 6.95. The van der Waals surface area contributed by atoms with Crippen LogP contribution in [0.15, 0.2) is 17.1 Å². The standard InChI is InChI=1S/C10H15N3O4/c1-5(14)9-6(15)4-8(17-9)13-3-2-7(16)12-10(13)11/h2-3,5-6,8-9,14-15H,4H2,1H3,(H2,11,12,16)/t5?,6-,8+,9+/m0/s1. The van der Waals surface area contributed by atoms with Crippen LogP contribution in [0.5, 0.6) is 0 Å². The number of aromatic nitrogens is 2.